The summed E-state index contributed by atoms with van der Waals surface area (Å²) in [6.45, 7) is 0. The van der Waals surface area contributed by atoms with Gasteiger partial charge in [-0.15, -0.1) is 0 Å². The number of rotatable bonds is 2. The third-order valence-electron chi connectivity index (χ3n) is 2.77. The van der Waals surface area contributed by atoms with Crippen LogP contribution in [-0.4, -0.2) is 34.4 Å². The van der Waals surface area contributed by atoms with Gasteiger partial charge in [-0.25, -0.2) is 0 Å². The highest BCUT2D eigenvalue weighted by molar-refractivity contribution is 5.81. The molecule has 1 aliphatic heterocycles. The fourth-order valence-corrected chi connectivity index (χ4v) is 2.05. The van der Waals surface area contributed by atoms with Gasteiger partial charge in [-0.05, 0) is 12.8 Å². The molecule has 2 N–H and O–H groups in total. The number of carboxylic acids is 2. The van der Waals surface area contributed by atoms with Crippen molar-refractivity contribution in [2.24, 2.45) is 11.8 Å². The van der Waals surface area contributed by atoms with Gasteiger partial charge in [0.05, 0.1) is 24.0 Å². The second kappa shape index (κ2) is 2.70. The van der Waals surface area contributed by atoms with Crippen molar-refractivity contribution in [2.75, 3.05) is 0 Å². The first-order valence-corrected chi connectivity index (χ1v) is 4.22. The number of ether oxygens (including phenoxy) is 1. The van der Waals surface area contributed by atoms with E-state index in [4.69, 9.17) is 14.9 Å². The molecule has 0 aromatic heterocycles. The van der Waals surface area contributed by atoms with Gasteiger partial charge >= 0.3 is 11.9 Å². The van der Waals surface area contributed by atoms with Crippen molar-refractivity contribution in [1.82, 2.24) is 0 Å². The van der Waals surface area contributed by atoms with Crippen LogP contribution in [0.4, 0.5) is 0 Å². The molecule has 13 heavy (non-hydrogen) atoms. The van der Waals surface area contributed by atoms with Gasteiger partial charge in [0.25, 0.3) is 0 Å². The maximum Gasteiger partial charge on any atom is 0.310 e. The third kappa shape index (κ3) is 1.29. The summed E-state index contributed by atoms with van der Waals surface area (Å²) in [5.41, 5.74) is 0. The zero-order chi connectivity index (χ0) is 9.59. The Morgan fingerprint density at radius 1 is 1.15 bits per heavy atom. The Hall–Kier alpha value is -1.10. The molecule has 0 amide bonds. The summed E-state index contributed by atoms with van der Waals surface area (Å²) in [4.78, 5) is 21.5. The topological polar surface area (TPSA) is 87.1 Å². The smallest absolute Gasteiger partial charge is 0.310 e. The summed E-state index contributed by atoms with van der Waals surface area (Å²) >= 11 is 0. The molecule has 2 fully saturated rings. The molecule has 4 atom stereocenters. The number of fused-ring (bicyclic) bond motifs is 1. The Bertz CT molecular complexity index is 261. The number of hydrogen-bond donors (Lipinski definition) is 2. The molecule has 4 unspecified atom stereocenters. The van der Waals surface area contributed by atoms with Crippen molar-refractivity contribution >= 4 is 11.9 Å². The summed E-state index contributed by atoms with van der Waals surface area (Å²) in [5, 5.41) is 17.6. The molecule has 0 radical (unpaired) electrons. The monoisotopic (exact) mass is 186 g/mol. The minimum atomic E-state index is -1.06. The summed E-state index contributed by atoms with van der Waals surface area (Å²) in [7, 11) is 0. The van der Waals surface area contributed by atoms with E-state index in [1.165, 1.54) is 0 Å². The van der Waals surface area contributed by atoms with E-state index in [0.29, 0.717) is 12.8 Å². The second-order valence-corrected chi connectivity index (χ2v) is 3.53. The molecule has 1 saturated carbocycles. The lowest BCUT2D eigenvalue weighted by Gasteiger charge is -2.21. The van der Waals surface area contributed by atoms with Crippen molar-refractivity contribution in [2.45, 2.75) is 25.0 Å². The zero-order valence-corrected chi connectivity index (χ0v) is 6.84. The van der Waals surface area contributed by atoms with Crippen molar-refractivity contribution in [3.05, 3.63) is 0 Å². The number of carbonyl (C=O) groups is 2. The average molecular weight is 186 g/mol. The Morgan fingerprint density at radius 2 is 1.85 bits per heavy atom. The van der Waals surface area contributed by atoms with Crippen molar-refractivity contribution in [3.8, 4) is 0 Å². The lowest BCUT2D eigenvalue weighted by Crippen LogP contribution is -2.37. The van der Waals surface area contributed by atoms with E-state index in [0.717, 1.165) is 0 Å². The molecule has 1 heterocycles. The highest BCUT2D eigenvalue weighted by atomic mass is 16.6. The van der Waals surface area contributed by atoms with Crippen LogP contribution < -0.4 is 0 Å². The Labute approximate surface area is 74.3 Å². The number of carboxylic acid groups (broad SMARTS) is 2. The molecule has 0 aromatic rings. The molecule has 1 aliphatic carbocycles. The molecule has 5 heteroatoms. The molecular weight excluding hydrogens is 176 g/mol. The predicted octanol–water partition coefficient (Wildman–Crippen LogP) is -0.0508. The first kappa shape index (κ1) is 8.50. The quantitative estimate of drug-likeness (QED) is 0.590. The summed E-state index contributed by atoms with van der Waals surface area (Å²) in [6.07, 6.45) is 0.725. The predicted molar refractivity (Wildman–Crippen MR) is 40.1 cm³/mol. The number of hydrogen-bond acceptors (Lipinski definition) is 3. The zero-order valence-electron chi connectivity index (χ0n) is 6.84. The lowest BCUT2D eigenvalue weighted by molar-refractivity contribution is -0.155. The molecule has 2 aliphatic rings. The molecule has 1 saturated heterocycles. The standard InChI is InChI=1S/C8H10O5/c9-7(10)3-1-2-4-6(13-4)5(3)8(11)12/h3-6H,1-2H2,(H,9,10)(H,11,12). The van der Waals surface area contributed by atoms with Crippen LogP contribution in [0.5, 0.6) is 0 Å². The largest absolute Gasteiger partial charge is 0.481 e. The normalized spacial score (nSPS) is 42.2. The van der Waals surface area contributed by atoms with Crippen LogP contribution in [0.1, 0.15) is 12.8 Å². The number of epoxide rings is 1. The van der Waals surface area contributed by atoms with Crippen molar-refractivity contribution < 1.29 is 24.5 Å². The van der Waals surface area contributed by atoms with Gasteiger partial charge in [0, 0.05) is 0 Å². The van der Waals surface area contributed by atoms with Crippen LogP contribution in [0, 0.1) is 11.8 Å². The summed E-state index contributed by atoms with van der Waals surface area (Å²) < 4.78 is 5.09. The maximum absolute atomic E-state index is 10.8. The molecular formula is C8H10O5. The van der Waals surface area contributed by atoms with Crippen LogP contribution >= 0.6 is 0 Å². The Balaban J connectivity index is 2.16. The van der Waals surface area contributed by atoms with Crippen LogP contribution in [0.15, 0.2) is 0 Å². The highest BCUT2D eigenvalue weighted by Crippen LogP contribution is 2.44. The van der Waals surface area contributed by atoms with Crippen LogP contribution in [0.3, 0.4) is 0 Å². The van der Waals surface area contributed by atoms with Crippen LogP contribution in [0.2, 0.25) is 0 Å². The fourth-order valence-electron chi connectivity index (χ4n) is 2.05. The van der Waals surface area contributed by atoms with Gasteiger partial charge in [-0.3, -0.25) is 9.59 Å². The van der Waals surface area contributed by atoms with E-state index < -0.39 is 23.8 Å². The van der Waals surface area contributed by atoms with E-state index in [-0.39, 0.29) is 12.2 Å². The van der Waals surface area contributed by atoms with Crippen molar-refractivity contribution in [1.29, 1.82) is 0 Å². The van der Waals surface area contributed by atoms with Gasteiger partial charge in [0.2, 0.25) is 0 Å². The molecule has 2 rings (SSSR count). The minimum Gasteiger partial charge on any atom is -0.481 e. The van der Waals surface area contributed by atoms with E-state index in [1.54, 1.807) is 0 Å². The van der Waals surface area contributed by atoms with Gasteiger partial charge in [0.15, 0.2) is 0 Å². The van der Waals surface area contributed by atoms with E-state index in [2.05, 4.69) is 0 Å². The summed E-state index contributed by atoms with van der Waals surface area (Å²) in [6, 6.07) is 0. The third-order valence-corrected chi connectivity index (χ3v) is 2.77. The molecule has 72 valence electrons. The second-order valence-electron chi connectivity index (χ2n) is 3.53. The van der Waals surface area contributed by atoms with Gasteiger partial charge in [-0.1, -0.05) is 0 Å². The van der Waals surface area contributed by atoms with Gasteiger partial charge < -0.3 is 14.9 Å². The lowest BCUT2D eigenvalue weighted by atomic mass is 9.79. The molecule has 5 nitrogen and oxygen atoms in total. The first-order chi connectivity index (χ1) is 6.11. The van der Waals surface area contributed by atoms with E-state index in [9.17, 15) is 9.59 Å². The minimum absolute atomic E-state index is 0.00306. The molecule has 0 bridgehead atoms. The first-order valence-electron chi connectivity index (χ1n) is 4.22. The van der Waals surface area contributed by atoms with Crippen LogP contribution in [0.25, 0.3) is 0 Å². The van der Waals surface area contributed by atoms with Crippen LogP contribution in [-0.2, 0) is 14.3 Å². The van der Waals surface area contributed by atoms with Crippen molar-refractivity contribution in [3.63, 3.8) is 0 Å². The maximum atomic E-state index is 10.8. The summed E-state index contributed by atoms with van der Waals surface area (Å²) in [5.74, 6) is -3.71. The molecule has 0 aromatic carbocycles. The van der Waals surface area contributed by atoms with E-state index in [1.807, 2.05) is 0 Å². The van der Waals surface area contributed by atoms with E-state index >= 15 is 0 Å². The Morgan fingerprint density at radius 3 is 2.38 bits per heavy atom. The number of aliphatic carboxylic acids is 2. The van der Waals surface area contributed by atoms with Gasteiger partial charge in [-0.2, -0.15) is 0 Å². The molecule has 0 spiro atoms. The average Bonchev–Trinajstić information content (AvgIpc) is 2.79. The Kier molecular flexibility index (Phi) is 1.76. The highest BCUT2D eigenvalue weighted by Gasteiger charge is 2.56. The van der Waals surface area contributed by atoms with Gasteiger partial charge in [0.1, 0.15) is 0 Å². The fraction of sp³-hybridized carbons (Fsp3) is 0.750. The SMILES string of the molecule is O=C(O)C1CCC2OC2C1C(=O)O.